The largest absolute Gasteiger partial charge is 0.743 e. The highest BCUT2D eigenvalue weighted by atomic mass is 32.2. The Bertz CT molecular complexity index is 895. The summed E-state index contributed by atoms with van der Waals surface area (Å²) < 4.78 is 104. The number of ketones is 1. The summed E-state index contributed by atoms with van der Waals surface area (Å²) in [6, 6.07) is 0. The van der Waals surface area contributed by atoms with Gasteiger partial charge in [-0.3, -0.25) is 9.59 Å². The first kappa shape index (κ1) is 24.1. The van der Waals surface area contributed by atoms with Crippen LogP contribution in [0.15, 0.2) is 12.2 Å². The lowest BCUT2D eigenvalue weighted by atomic mass is 9.43. The van der Waals surface area contributed by atoms with Gasteiger partial charge in [0.2, 0.25) is 0 Å². The highest BCUT2D eigenvalue weighted by Crippen LogP contribution is 2.67. The zero-order valence-corrected chi connectivity index (χ0v) is 17.5. The number of alkyl halides is 5. The Kier molecular flexibility index (Phi) is 5.61. The molecule has 0 aromatic carbocycles. The van der Waals surface area contributed by atoms with Gasteiger partial charge in [0.25, 0.3) is 6.10 Å². The Morgan fingerprint density at radius 3 is 2.06 bits per heavy atom. The average Bonchev–Trinajstić information content (AvgIpc) is 2.55. The summed E-state index contributed by atoms with van der Waals surface area (Å²) in [6.07, 6.45) is -8.31. The van der Waals surface area contributed by atoms with Crippen molar-refractivity contribution in [2.24, 2.45) is 22.7 Å². The van der Waals surface area contributed by atoms with Crippen LogP contribution in [-0.2, 0) is 24.4 Å². The minimum absolute atomic E-state index is 0.0227. The van der Waals surface area contributed by atoms with Crippen molar-refractivity contribution >= 4 is 21.9 Å². The van der Waals surface area contributed by atoms with Gasteiger partial charge in [0.1, 0.15) is 0 Å². The topological polar surface area (TPSA) is 101 Å². The number of hydrogen-bond donors (Lipinski definition) is 0. The fourth-order valence-corrected chi connectivity index (χ4v) is 6.52. The van der Waals surface area contributed by atoms with E-state index in [-0.39, 0.29) is 43.3 Å². The van der Waals surface area contributed by atoms with Gasteiger partial charge in [0.15, 0.2) is 15.9 Å². The van der Waals surface area contributed by atoms with Gasteiger partial charge in [-0.1, -0.05) is 6.58 Å². The molecule has 4 aliphatic rings. The summed E-state index contributed by atoms with van der Waals surface area (Å²) in [6.45, 7) is 5.11. The molecule has 4 fully saturated rings. The van der Waals surface area contributed by atoms with Crippen LogP contribution in [0, 0.1) is 22.7 Å². The second kappa shape index (κ2) is 7.23. The molecule has 4 saturated carbocycles. The van der Waals surface area contributed by atoms with Crippen LogP contribution in [0.2, 0.25) is 0 Å². The molecule has 31 heavy (non-hydrogen) atoms. The molecule has 3 atom stereocenters. The molecule has 0 aliphatic heterocycles. The number of esters is 1. The fraction of sp³-hybridized carbons (Fsp3) is 0.789. The molecule has 3 unspecified atom stereocenters. The molecule has 0 spiro atoms. The van der Waals surface area contributed by atoms with Crippen molar-refractivity contribution in [3.63, 3.8) is 0 Å². The lowest BCUT2D eigenvalue weighted by molar-refractivity contribution is -0.267. The summed E-state index contributed by atoms with van der Waals surface area (Å²) in [4.78, 5) is 25.1. The Labute approximate surface area is 175 Å². The van der Waals surface area contributed by atoms with Crippen LogP contribution < -0.4 is 0 Å². The van der Waals surface area contributed by atoms with Crippen molar-refractivity contribution in [2.75, 3.05) is 0 Å². The molecule has 0 radical (unpaired) electrons. The van der Waals surface area contributed by atoms with E-state index in [1.54, 1.807) is 0 Å². The Morgan fingerprint density at radius 1 is 1.13 bits per heavy atom. The van der Waals surface area contributed by atoms with Crippen LogP contribution in [0.4, 0.5) is 22.0 Å². The minimum Gasteiger partial charge on any atom is -0.743 e. The second-order valence-electron chi connectivity index (χ2n) is 9.46. The summed E-state index contributed by atoms with van der Waals surface area (Å²) in [5.74, 6) is -2.04. The van der Waals surface area contributed by atoms with E-state index < -0.39 is 44.5 Å². The lowest BCUT2D eigenvalue weighted by Crippen LogP contribution is -2.58. The molecule has 0 aromatic heterocycles. The predicted molar refractivity (Wildman–Crippen MR) is 94.6 cm³/mol. The first-order chi connectivity index (χ1) is 13.9. The fourth-order valence-electron chi connectivity index (χ4n) is 6.08. The quantitative estimate of drug-likeness (QED) is 0.242. The van der Waals surface area contributed by atoms with Gasteiger partial charge < -0.3 is 9.29 Å². The third kappa shape index (κ3) is 4.24. The summed E-state index contributed by atoms with van der Waals surface area (Å²) >= 11 is 0. The molecule has 0 N–H and O–H groups in total. The Morgan fingerprint density at radius 2 is 1.65 bits per heavy atom. The van der Waals surface area contributed by atoms with E-state index >= 15 is 0 Å². The first-order valence-corrected chi connectivity index (χ1v) is 11.1. The minimum atomic E-state index is -6.76. The third-order valence-corrected chi connectivity index (χ3v) is 7.67. The van der Waals surface area contributed by atoms with Gasteiger partial charge in [-0.25, -0.2) is 8.42 Å². The normalized spacial score (nSPS) is 33.8. The van der Waals surface area contributed by atoms with E-state index in [2.05, 4.69) is 11.3 Å². The number of hydrogen-bond acceptors (Lipinski definition) is 6. The Balaban J connectivity index is 1.91. The van der Waals surface area contributed by atoms with E-state index in [1.807, 2.05) is 0 Å². The van der Waals surface area contributed by atoms with Gasteiger partial charge >= 0.3 is 17.4 Å². The van der Waals surface area contributed by atoms with Gasteiger partial charge in [0, 0.05) is 6.42 Å². The van der Waals surface area contributed by atoms with E-state index in [4.69, 9.17) is 0 Å². The number of halogens is 5. The molecule has 0 heterocycles. The Hall–Kier alpha value is -1.56. The lowest BCUT2D eigenvalue weighted by Gasteiger charge is -2.61. The molecule has 0 saturated heterocycles. The van der Waals surface area contributed by atoms with Gasteiger partial charge in [0.05, 0.1) is 5.41 Å². The van der Waals surface area contributed by atoms with E-state index in [0.717, 1.165) is 0 Å². The molecule has 12 heteroatoms. The summed E-state index contributed by atoms with van der Waals surface area (Å²) in [5.41, 5.74) is -1.92. The van der Waals surface area contributed by atoms with Crippen molar-refractivity contribution in [2.45, 2.75) is 69.4 Å². The molecule has 176 valence electrons. The molecule has 0 aromatic rings. The zero-order valence-electron chi connectivity index (χ0n) is 16.6. The number of carbonyl (C=O) groups excluding carboxylic acids is 2. The van der Waals surface area contributed by atoms with Crippen LogP contribution in [0.25, 0.3) is 0 Å². The average molecular weight is 473 g/mol. The van der Waals surface area contributed by atoms with Gasteiger partial charge in [-0.05, 0) is 68.3 Å². The van der Waals surface area contributed by atoms with Crippen molar-refractivity contribution in [1.29, 1.82) is 0 Å². The number of rotatable bonds is 7. The van der Waals surface area contributed by atoms with Gasteiger partial charge in [-0.15, -0.1) is 0 Å². The smallest absolute Gasteiger partial charge is 0.432 e. The van der Waals surface area contributed by atoms with Crippen LogP contribution in [-0.4, -0.2) is 42.3 Å². The third-order valence-electron chi connectivity index (χ3n) is 6.79. The highest BCUT2D eigenvalue weighted by Gasteiger charge is 2.66. The molecule has 0 amide bonds. The van der Waals surface area contributed by atoms with Crippen LogP contribution in [0.1, 0.15) is 51.9 Å². The molecule has 4 aliphatic carbocycles. The van der Waals surface area contributed by atoms with Crippen LogP contribution in [0.5, 0.6) is 0 Å². The highest BCUT2D eigenvalue weighted by molar-refractivity contribution is 7.86. The molecule has 6 nitrogen and oxygen atoms in total. The maximum atomic E-state index is 13.8. The first-order valence-electron chi connectivity index (χ1n) is 9.71. The second-order valence-corrected chi connectivity index (χ2v) is 10.9. The number of Topliss-reactive ketones (excluding diaryl/α,β-unsaturated/α-hetero) is 1. The maximum Gasteiger partial charge on any atom is 0.432 e. The summed E-state index contributed by atoms with van der Waals surface area (Å²) in [5, 5.41) is -5.88. The standard InChI is InChI=1S/C19H23F5O6S/c1-10(2)13(25)8-16-4-11-3-12(5-16)7-17(6-11,9-16)15(26)30-14(18(20,21)22)19(23,24)31(27,28)29/h11-12,14H,1,3-9H2,2H3,(H,27,28,29)/p-1. The molecule has 4 rings (SSSR count). The SMILES string of the molecule is C=C(C)C(=O)CC12CC3CC(C1)CC(C(=O)OC(C(F)(F)F)C(F)(F)S(=O)(=O)[O-])(C3)C2. The van der Waals surface area contributed by atoms with E-state index in [9.17, 15) is 44.5 Å². The van der Waals surface area contributed by atoms with Crippen molar-refractivity contribution < 1.29 is 49.2 Å². The van der Waals surface area contributed by atoms with Crippen LogP contribution >= 0.6 is 0 Å². The maximum absolute atomic E-state index is 13.8. The monoisotopic (exact) mass is 473 g/mol. The van der Waals surface area contributed by atoms with Gasteiger partial charge in [-0.2, -0.15) is 22.0 Å². The van der Waals surface area contributed by atoms with E-state index in [1.165, 1.54) is 6.92 Å². The molecular weight excluding hydrogens is 451 g/mol. The molecular formula is C19H22F5O6S-. The zero-order chi connectivity index (χ0) is 23.6. The summed E-state index contributed by atoms with van der Waals surface area (Å²) in [7, 11) is -6.76. The molecule has 4 bridgehead atoms. The number of allylic oxidation sites excluding steroid dienone is 1. The van der Waals surface area contributed by atoms with Crippen molar-refractivity contribution in [1.82, 2.24) is 0 Å². The number of carbonyl (C=O) groups is 2. The van der Waals surface area contributed by atoms with Crippen LogP contribution in [0.3, 0.4) is 0 Å². The van der Waals surface area contributed by atoms with E-state index in [0.29, 0.717) is 24.8 Å². The van der Waals surface area contributed by atoms with Crippen molar-refractivity contribution in [3.8, 4) is 0 Å². The van der Waals surface area contributed by atoms with Crippen molar-refractivity contribution in [3.05, 3.63) is 12.2 Å². The number of ether oxygens (including phenoxy) is 1. The predicted octanol–water partition coefficient (Wildman–Crippen LogP) is 3.72.